The molecule has 1 atom stereocenters. The lowest BCUT2D eigenvalue weighted by Gasteiger charge is -2.13. The Hall–Kier alpha value is -1.32. The monoisotopic (exact) mass is 235 g/mol. The summed E-state index contributed by atoms with van der Waals surface area (Å²) in [5.74, 6) is 0. The number of hydrogen-bond acceptors (Lipinski definition) is 2. The van der Waals surface area contributed by atoms with E-state index < -0.39 is 0 Å². The fourth-order valence-corrected chi connectivity index (χ4v) is 1.97. The van der Waals surface area contributed by atoms with Crippen LogP contribution in [0, 0.1) is 6.92 Å². The first kappa shape index (κ1) is 11.2. The van der Waals surface area contributed by atoms with Crippen molar-refractivity contribution in [3.05, 3.63) is 52.3 Å². The molecule has 1 aromatic heterocycles. The van der Waals surface area contributed by atoms with Gasteiger partial charge < -0.3 is 5.73 Å². The Morgan fingerprint density at radius 2 is 2.00 bits per heavy atom. The standard InChI is InChI=1S/C12H14ClN3/c1-8-10(7-15-16(8)2)12(14)9-5-3-4-6-11(9)13/h3-7,12H,14H2,1-2H3. The zero-order valence-electron chi connectivity index (χ0n) is 9.31. The molecule has 0 radical (unpaired) electrons. The maximum atomic E-state index is 6.19. The highest BCUT2D eigenvalue weighted by Crippen LogP contribution is 2.27. The van der Waals surface area contributed by atoms with E-state index in [2.05, 4.69) is 5.10 Å². The lowest BCUT2D eigenvalue weighted by atomic mass is 10.0. The summed E-state index contributed by atoms with van der Waals surface area (Å²) in [6.07, 6.45) is 1.79. The number of hydrogen-bond donors (Lipinski definition) is 1. The second-order valence-corrected chi connectivity index (χ2v) is 4.22. The number of aryl methyl sites for hydroxylation is 1. The van der Waals surface area contributed by atoms with Crippen molar-refractivity contribution in [3.63, 3.8) is 0 Å². The molecular formula is C12H14ClN3. The molecule has 0 aliphatic carbocycles. The van der Waals surface area contributed by atoms with Gasteiger partial charge in [0.15, 0.2) is 0 Å². The molecule has 0 aliphatic rings. The van der Waals surface area contributed by atoms with Crippen molar-refractivity contribution >= 4 is 11.6 Å². The van der Waals surface area contributed by atoms with Crippen LogP contribution in [-0.4, -0.2) is 9.78 Å². The molecule has 3 nitrogen and oxygen atoms in total. The topological polar surface area (TPSA) is 43.8 Å². The molecule has 1 unspecified atom stereocenters. The van der Waals surface area contributed by atoms with E-state index in [1.54, 1.807) is 6.20 Å². The molecule has 0 saturated carbocycles. The number of rotatable bonds is 2. The summed E-state index contributed by atoms with van der Waals surface area (Å²) in [6.45, 7) is 2.00. The summed E-state index contributed by atoms with van der Waals surface area (Å²) in [6, 6.07) is 7.41. The fourth-order valence-electron chi connectivity index (χ4n) is 1.72. The first-order chi connectivity index (χ1) is 7.61. The minimum Gasteiger partial charge on any atom is -0.320 e. The fraction of sp³-hybridized carbons (Fsp3) is 0.250. The van der Waals surface area contributed by atoms with Crippen molar-refractivity contribution < 1.29 is 0 Å². The van der Waals surface area contributed by atoms with E-state index in [0.29, 0.717) is 5.02 Å². The molecular weight excluding hydrogens is 222 g/mol. The molecule has 0 fully saturated rings. The van der Waals surface area contributed by atoms with Gasteiger partial charge in [-0.1, -0.05) is 29.8 Å². The quantitative estimate of drug-likeness (QED) is 0.869. The lowest BCUT2D eigenvalue weighted by molar-refractivity contribution is 0.734. The Morgan fingerprint density at radius 1 is 1.31 bits per heavy atom. The third-order valence-corrected chi connectivity index (χ3v) is 3.19. The Bertz CT molecular complexity index is 505. The van der Waals surface area contributed by atoms with E-state index in [-0.39, 0.29) is 6.04 Å². The van der Waals surface area contributed by atoms with Gasteiger partial charge in [0, 0.05) is 23.3 Å². The SMILES string of the molecule is Cc1c(C(N)c2ccccc2Cl)cnn1C. The van der Waals surface area contributed by atoms with Gasteiger partial charge in [-0.3, -0.25) is 4.68 Å². The van der Waals surface area contributed by atoms with Gasteiger partial charge in [0.1, 0.15) is 0 Å². The Labute approximate surface area is 99.8 Å². The van der Waals surface area contributed by atoms with Crippen LogP contribution < -0.4 is 5.73 Å². The van der Waals surface area contributed by atoms with E-state index in [1.807, 2.05) is 42.9 Å². The predicted octanol–water partition coefficient (Wildman–Crippen LogP) is 2.43. The molecule has 0 saturated heterocycles. The third-order valence-electron chi connectivity index (χ3n) is 2.85. The molecule has 16 heavy (non-hydrogen) atoms. The lowest BCUT2D eigenvalue weighted by Crippen LogP contribution is -2.13. The highest BCUT2D eigenvalue weighted by Gasteiger charge is 2.16. The maximum Gasteiger partial charge on any atom is 0.0600 e. The smallest absolute Gasteiger partial charge is 0.0600 e. The van der Waals surface area contributed by atoms with E-state index in [4.69, 9.17) is 17.3 Å². The number of nitrogens with zero attached hydrogens (tertiary/aromatic N) is 2. The average Bonchev–Trinajstić information content (AvgIpc) is 2.60. The van der Waals surface area contributed by atoms with Crippen LogP contribution in [0.15, 0.2) is 30.5 Å². The summed E-state index contributed by atoms with van der Waals surface area (Å²) in [4.78, 5) is 0. The second kappa shape index (κ2) is 4.28. The first-order valence-electron chi connectivity index (χ1n) is 5.09. The Kier molecular flexibility index (Phi) is 2.99. The molecule has 1 aromatic carbocycles. The van der Waals surface area contributed by atoms with Gasteiger partial charge in [-0.25, -0.2) is 0 Å². The minimum atomic E-state index is -0.220. The van der Waals surface area contributed by atoms with Crippen LogP contribution in [0.25, 0.3) is 0 Å². The average molecular weight is 236 g/mol. The van der Waals surface area contributed by atoms with Crippen molar-refractivity contribution in [1.82, 2.24) is 9.78 Å². The number of nitrogens with two attached hydrogens (primary N) is 1. The van der Waals surface area contributed by atoms with Gasteiger partial charge in [-0.05, 0) is 18.6 Å². The van der Waals surface area contributed by atoms with Gasteiger partial charge in [-0.2, -0.15) is 5.10 Å². The van der Waals surface area contributed by atoms with Crippen LogP contribution in [-0.2, 0) is 7.05 Å². The normalized spacial score (nSPS) is 12.8. The second-order valence-electron chi connectivity index (χ2n) is 3.81. The molecule has 2 aromatic rings. The van der Waals surface area contributed by atoms with Crippen LogP contribution in [0.2, 0.25) is 5.02 Å². The summed E-state index contributed by atoms with van der Waals surface area (Å²) >= 11 is 6.12. The molecule has 2 N–H and O–H groups in total. The zero-order chi connectivity index (χ0) is 11.7. The van der Waals surface area contributed by atoms with Crippen molar-refractivity contribution in [2.45, 2.75) is 13.0 Å². The van der Waals surface area contributed by atoms with Gasteiger partial charge in [-0.15, -0.1) is 0 Å². The van der Waals surface area contributed by atoms with Gasteiger partial charge in [0.25, 0.3) is 0 Å². The van der Waals surface area contributed by atoms with Gasteiger partial charge in [0.05, 0.1) is 12.2 Å². The van der Waals surface area contributed by atoms with Crippen molar-refractivity contribution in [2.75, 3.05) is 0 Å². The van der Waals surface area contributed by atoms with Crippen molar-refractivity contribution in [3.8, 4) is 0 Å². The molecule has 1 heterocycles. The van der Waals surface area contributed by atoms with Crippen LogP contribution in [0.1, 0.15) is 22.9 Å². The maximum absolute atomic E-state index is 6.19. The molecule has 84 valence electrons. The number of benzene rings is 1. The van der Waals surface area contributed by atoms with E-state index in [9.17, 15) is 0 Å². The van der Waals surface area contributed by atoms with Crippen LogP contribution >= 0.6 is 11.6 Å². The summed E-state index contributed by atoms with van der Waals surface area (Å²) < 4.78 is 1.81. The minimum absolute atomic E-state index is 0.220. The van der Waals surface area contributed by atoms with Crippen LogP contribution in [0.5, 0.6) is 0 Å². The van der Waals surface area contributed by atoms with Gasteiger partial charge in [0.2, 0.25) is 0 Å². The molecule has 2 rings (SSSR count). The summed E-state index contributed by atoms with van der Waals surface area (Å²) in [5, 5.41) is 4.88. The largest absolute Gasteiger partial charge is 0.320 e. The van der Waals surface area contributed by atoms with Crippen LogP contribution in [0.3, 0.4) is 0 Å². The molecule has 0 aliphatic heterocycles. The molecule has 0 spiro atoms. The molecule has 4 heteroatoms. The third kappa shape index (κ3) is 1.84. The van der Waals surface area contributed by atoms with E-state index >= 15 is 0 Å². The predicted molar refractivity (Wildman–Crippen MR) is 65.4 cm³/mol. The highest BCUT2D eigenvalue weighted by molar-refractivity contribution is 6.31. The van der Waals surface area contributed by atoms with E-state index in [1.165, 1.54) is 0 Å². The zero-order valence-corrected chi connectivity index (χ0v) is 10.1. The van der Waals surface area contributed by atoms with Gasteiger partial charge >= 0.3 is 0 Å². The molecule has 0 bridgehead atoms. The van der Waals surface area contributed by atoms with Crippen molar-refractivity contribution in [2.24, 2.45) is 12.8 Å². The number of halogens is 1. The highest BCUT2D eigenvalue weighted by atomic mass is 35.5. The molecule has 0 amide bonds. The Balaban J connectivity index is 2.43. The van der Waals surface area contributed by atoms with E-state index in [0.717, 1.165) is 16.8 Å². The number of aromatic nitrogens is 2. The summed E-state index contributed by atoms with van der Waals surface area (Å²) in [7, 11) is 1.90. The van der Waals surface area contributed by atoms with Crippen molar-refractivity contribution in [1.29, 1.82) is 0 Å². The Morgan fingerprint density at radius 3 is 2.56 bits per heavy atom. The summed E-state index contributed by atoms with van der Waals surface area (Å²) in [5.41, 5.74) is 9.20. The van der Waals surface area contributed by atoms with Crippen LogP contribution in [0.4, 0.5) is 0 Å². The first-order valence-corrected chi connectivity index (χ1v) is 5.47.